The van der Waals surface area contributed by atoms with Crippen LogP contribution in [0.25, 0.3) is 0 Å². The first kappa shape index (κ1) is 26.4. The van der Waals surface area contributed by atoms with Crippen LogP contribution in [0.1, 0.15) is 114 Å². The summed E-state index contributed by atoms with van der Waals surface area (Å²) in [6, 6.07) is 0. The molecule has 0 spiro atoms. The number of rotatable bonds is 1. The molecule has 3 fully saturated rings. The molecule has 0 aromatic rings. The van der Waals surface area contributed by atoms with E-state index in [1.54, 1.807) is 0 Å². The number of hydrogen-bond acceptors (Lipinski definition) is 4. The Morgan fingerprint density at radius 1 is 0.944 bits per heavy atom. The third-order valence-electron chi connectivity index (χ3n) is 13.2. The fourth-order valence-electron chi connectivity index (χ4n) is 11.3. The molecule has 5 aliphatic carbocycles. The maximum Gasteiger partial charge on any atom is 0.302 e. The van der Waals surface area contributed by atoms with E-state index in [0.29, 0.717) is 41.8 Å². The number of aliphatic hydroxyl groups excluding tert-OH is 1. The van der Waals surface area contributed by atoms with Gasteiger partial charge in [-0.2, -0.15) is 0 Å². The summed E-state index contributed by atoms with van der Waals surface area (Å²) in [5, 5.41) is 11.9. The van der Waals surface area contributed by atoms with Crippen molar-refractivity contribution < 1.29 is 19.4 Å². The van der Waals surface area contributed by atoms with Crippen LogP contribution < -0.4 is 0 Å². The maximum absolute atomic E-state index is 14.4. The highest BCUT2D eigenvalue weighted by atomic mass is 16.5. The highest BCUT2D eigenvalue weighted by Gasteiger charge is 2.69. The van der Waals surface area contributed by atoms with E-state index in [9.17, 15) is 14.7 Å². The van der Waals surface area contributed by atoms with Gasteiger partial charge in [0.2, 0.25) is 0 Å². The fourth-order valence-corrected chi connectivity index (χ4v) is 11.3. The molecule has 1 N–H and O–H groups in total. The number of allylic oxidation sites excluding steroid dienone is 1. The molecule has 0 aromatic heterocycles. The number of carbonyl (C=O) groups is 2. The van der Waals surface area contributed by atoms with Gasteiger partial charge in [0.15, 0.2) is 5.78 Å². The number of ether oxygens (including phenoxy) is 1. The SMILES string of the molecule is CC(=O)O[C@@H]1CC[C@]2(C)C3=C(C[C@H](O)[C@@H]2C1(C)C)[C@@]1(C)CC[C@@]2(C)CC[C@@H](C)[C@H](C)[C@@H]2[C@]1(C)CC3=O. The summed E-state index contributed by atoms with van der Waals surface area (Å²) in [6.45, 7) is 20.2. The average Bonchev–Trinajstić information content (AvgIpc) is 2.74. The molecule has 0 aliphatic heterocycles. The number of ketones is 1. The molecule has 202 valence electrons. The Labute approximate surface area is 219 Å². The summed E-state index contributed by atoms with van der Waals surface area (Å²) in [6.07, 6.45) is 6.83. The van der Waals surface area contributed by atoms with Crippen LogP contribution in [0.5, 0.6) is 0 Å². The number of hydrogen-bond donors (Lipinski definition) is 1. The van der Waals surface area contributed by atoms with E-state index in [1.807, 2.05) is 0 Å². The van der Waals surface area contributed by atoms with Gasteiger partial charge in [0.05, 0.1) is 6.10 Å². The van der Waals surface area contributed by atoms with Crippen molar-refractivity contribution in [1.29, 1.82) is 0 Å². The zero-order valence-electron chi connectivity index (χ0n) is 24.3. The Morgan fingerprint density at radius 3 is 2.25 bits per heavy atom. The van der Waals surface area contributed by atoms with Gasteiger partial charge >= 0.3 is 5.97 Å². The number of aliphatic hydroxyl groups is 1. The van der Waals surface area contributed by atoms with Gasteiger partial charge in [0, 0.05) is 35.7 Å². The van der Waals surface area contributed by atoms with Gasteiger partial charge in [-0.15, -0.1) is 0 Å². The fraction of sp³-hybridized carbons (Fsp3) is 0.875. The zero-order valence-corrected chi connectivity index (χ0v) is 24.3. The number of Topliss-reactive ketones (excluding diaryl/α,β-unsaturated/α-hetero) is 1. The second kappa shape index (κ2) is 7.93. The summed E-state index contributed by atoms with van der Waals surface area (Å²) in [5.41, 5.74) is 1.67. The van der Waals surface area contributed by atoms with Crippen molar-refractivity contribution in [2.75, 3.05) is 0 Å². The first-order valence-corrected chi connectivity index (χ1v) is 14.7. The minimum absolute atomic E-state index is 0.0718. The standard InChI is InChI=1S/C32H50O4/c1-18-10-12-29(6)14-15-31(8)21-16-22(34)27-28(4,5)24(36-20(3)33)11-13-30(27,7)25(21)23(35)17-32(31,9)26(29)19(18)2/h18-19,22,24,26-27,34H,10-17H2,1-9H3/t18-,19+,22+,24-,26+,27-,29-,30-,31-,32+/m1/s1. The van der Waals surface area contributed by atoms with Crippen molar-refractivity contribution in [2.45, 2.75) is 126 Å². The van der Waals surface area contributed by atoms with Crippen molar-refractivity contribution in [2.24, 2.45) is 50.7 Å². The van der Waals surface area contributed by atoms with Gasteiger partial charge in [-0.05, 0) is 78.9 Å². The number of carbonyl (C=O) groups excluding carboxylic acids is 2. The van der Waals surface area contributed by atoms with Crippen LogP contribution in [0.2, 0.25) is 0 Å². The van der Waals surface area contributed by atoms with E-state index in [0.717, 1.165) is 24.8 Å². The molecule has 0 amide bonds. The highest BCUT2D eigenvalue weighted by molar-refractivity contribution is 6.00. The molecule has 0 heterocycles. The zero-order chi connectivity index (χ0) is 26.6. The van der Waals surface area contributed by atoms with Crippen molar-refractivity contribution in [1.82, 2.24) is 0 Å². The molecule has 3 saturated carbocycles. The molecule has 0 saturated heterocycles. The van der Waals surface area contributed by atoms with E-state index in [-0.39, 0.29) is 34.2 Å². The van der Waals surface area contributed by atoms with Crippen molar-refractivity contribution in [3.8, 4) is 0 Å². The van der Waals surface area contributed by atoms with Crippen LogP contribution in [0.15, 0.2) is 11.1 Å². The van der Waals surface area contributed by atoms with Crippen LogP contribution in [0, 0.1) is 50.7 Å². The van der Waals surface area contributed by atoms with E-state index in [4.69, 9.17) is 4.74 Å². The third-order valence-corrected chi connectivity index (χ3v) is 13.2. The lowest BCUT2D eigenvalue weighted by Gasteiger charge is -2.70. The third kappa shape index (κ3) is 3.21. The number of esters is 1. The van der Waals surface area contributed by atoms with E-state index >= 15 is 0 Å². The van der Waals surface area contributed by atoms with Crippen LogP contribution in [-0.4, -0.2) is 29.1 Å². The Balaban J connectivity index is 1.64. The molecule has 0 unspecified atom stereocenters. The minimum atomic E-state index is -0.537. The lowest BCUT2D eigenvalue weighted by Crippen LogP contribution is -2.65. The first-order chi connectivity index (χ1) is 16.5. The average molecular weight is 499 g/mol. The van der Waals surface area contributed by atoms with Gasteiger partial charge in [-0.3, -0.25) is 9.59 Å². The predicted molar refractivity (Wildman–Crippen MR) is 142 cm³/mol. The van der Waals surface area contributed by atoms with Gasteiger partial charge in [-0.25, -0.2) is 0 Å². The van der Waals surface area contributed by atoms with E-state index in [2.05, 4.69) is 55.4 Å². The maximum atomic E-state index is 14.4. The molecule has 0 radical (unpaired) electrons. The molecule has 0 bridgehead atoms. The second-order valence-corrected chi connectivity index (χ2v) is 15.3. The highest BCUT2D eigenvalue weighted by Crippen LogP contribution is 2.74. The lowest BCUT2D eigenvalue weighted by atomic mass is 9.34. The topological polar surface area (TPSA) is 63.6 Å². The molecule has 4 heteroatoms. The molecule has 10 atom stereocenters. The molecular formula is C32H50O4. The summed E-state index contributed by atoms with van der Waals surface area (Å²) in [5.74, 6) is 1.76. The van der Waals surface area contributed by atoms with E-state index < -0.39 is 11.5 Å². The second-order valence-electron chi connectivity index (χ2n) is 15.3. The Hall–Kier alpha value is -1.16. The van der Waals surface area contributed by atoms with Crippen molar-refractivity contribution >= 4 is 11.8 Å². The largest absolute Gasteiger partial charge is 0.462 e. The van der Waals surface area contributed by atoms with Gasteiger partial charge in [-0.1, -0.05) is 61.0 Å². The van der Waals surface area contributed by atoms with Gasteiger partial charge in [0.25, 0.3) is 0 Å². The molecule has 36 heavy (non-hydrogen) atoms. The molecule has 0 aromatic carbocycles. The van der Waals surface area contributed by atoms with E-state index in [1.165, 1.54) is 31.8 Å². The molecule has 5 aliphatic rings. The summed E-state index contributed by atoms with van der Waals surface area (Å²) in [7, 11) is 0. The van der Waals surface area contributed by atoms with Gasteiger partial charge < -0.3 is 9.84 Å². The van der Waals surface area contributed by atoms with Crippen LogP contribution >= 0.6 is 0 Å². The van der Waals surface area contributed by atoms with Crippen LogP contribution in [0.3, 0.4) is 0 Å². The van der Waals surface area contributed by atoms with Crippen molar-refractivity contribution in [3.63, 3.8) is 0 Å². The summed E-state index contributed by atoms with van der Waals surface area (Å²) < 4.78 is 5.77. The van der Waals surface area contributed by atoms with Crippen LogP contribution in [-0.2, 0) is 14.3 Å². The van der Waals surface area contributed by atoms with Crippen LogP contribution in [0.4, 0.5) is 0 Å². The normalized spacial score (nSPS) is 52.0. The molecule has 5 rings (SSSR count). The number of fused-ring (bicyclic) bond motifs is 6. The Kier molecular flexibility index (Phi) is 5.83. The Morgan fingerprint density at radius 2 is 1.61 bits per heavy atom. The minimum Gasteiger partial charge on any atom is -0.462 e. The first-order valence-electron chi connectivity index (χ1n) is 14.7. The smallest absolute Gasteiger partial charge is 0.302 e. The monoisotopic (exact) mass is 498 g/mol. The lowest BCUT2D eigenvalue weighted by molar-refractivity contribution is -0.188. The molecule has 4 nitrogen and oxygen atoms in total. The Bertz CT molecular complexity index is 1010. The predicted octanol–water partition coefficient (Wildman–Crippen LogP) is 6.89. The van der Waals surface area contributed by atoms with Crippen molar-refractivity contribution in [3.05, 3.63) is 11.1 Å². The molecular weight excluding hydrogens is 448 g/mol. The summed E-state index contributed by atoms with van der Waals surface area (Å²) in [4.78, 5) is 26.3. The quantitative estimate of drug-likeness (QED) is 0.400. The summed E-state index contributed by atoms with van der Waals surface area (Å²) >= 11 is 0. The van der Waals surface area contributed by atoms with Gasteiger partial charge in [0.1, 0.15) is 6.10 Å².